The van der Waals surface area contributed by atoms with E-state index in [4.69, 9.17) is 4.74 Å². The van der Waals surface area contributed by atoms with Crippen LogP contribution in [0.25, 0.3) is 0 Å². The molecule has 1 aliphatic heterocycles. The number of rotatable bonds is 4. The molecular weight excluding hydrogens is 321 g/mol. The molecule has 1 atom stereocenters. The Balaban J connectivity index is 1.90. The maximum absolute atomic E-state index is 13.2. The standard InChI is InChI=1S/C16H14FNO4S/c17-23(20,21)13-10-16(19)18(11-13)14-8-4-5-9-15(14)22-12-6-2-1-3-7-12/h1-9,13H,10-11H2. The second-order valence-corrected chi connectivity index (χ2v) is 6.81. The summed E-state index contributed by atoms with van der Waals surface area (Å²) in [5.41, 5.74) is 0.424. The molecule has 0 N–H and O–H groups in total. The van der Waals surface area contributed by atoms with E-state index in [9.17, 15) is 17.1 Å². The molecular formula is C16H14FNO4S. The predicted octanol–water partition coefficient (Wildman–Crippen LogP) is 2.88. The number of amides is 1. The van der Waals surface area contributed by atoms with Crippen molar-refractivity contribution in [2.45, 2.75) is 11.7 Å². The van der Waals surface area contributed by atoms with E-state index >= 15 is 0 Å². The number of carbonyl (C=O) groups is 1. The summed E-state index contributed by atoms with van der Waals surface area (Å²) < 4.78 is 41.0. The van der Waals surface area contributed by atoms with Crippen molar-refractivity contribution in [1.82, 2.24) is 0 Å². The molecule has 0 bridgehead atoms. The fourth-order valence-electron chi connectivity index (χ4n) is 2.48. The summed E-state index contributed by atoms with van der Waals surface area (Å²) in [6.45, 7) is -0.215. The highest BCUT2D eigenvalue weighted by atomic mass is 32.3. The normalized spacial score (nSPS) is 18.2. The van der Waals surface area contributed by atoms with Gasteiger partial charge in [0.25, 0.3) is 0 Å². The van der Waals surface area contributed by atoms with E-state index < -0.39 is 21.4 Å². The van der Waals surface area contributed by atoms with Crippen molar-refractivity contribution in [2.24, 2.45) is 0 Å². The van der Waals surface area contributed by atoms with Gasteiger partial charge in [-0.25, -0.2) is 0 Å². The van der Waals surface area contributed by atoms with Crippen LogP contribution in [0.2, 0.25) is 0 Å². The van der Waals surface area contributed by atoms with Crippen molar-refractivity contribution in [3.8, 4) is 11.5 Å². The Morgan fingerprint density at radius 1 is 1.04 bits per heavy atom. The molecule has 120 valence electrons. The second-order valence-electron chi connectivity index (χ2n) is 5.19. The number of benzene rings is 2. The Morgan fingerprint density at radius 2 is 1.70 bits per heavy atom. The number of ether oxygens (including phenoxy) is 1. The van der Waals surface area contributed by atoms with Crippen molar-refractivity contribution in [3.63, 3.8) is 0 Å². The summed E-state index contributed by atoms with van der Waals surface area (Å²) in [7, 11) is -4.75. The molecule has 5 nitrogen and oxygen atoms in total. The first-order valence-electron chi connectivity index (χ1n) is 7.01. The lowest BCUT2D eigenvalue weighted by atomic mass is 10.2. The summed E-state index contributed by atoms with van der Waals surface area (Å²) in [4.78, 5) is 13.3. The van der Waals surface area contributed by atoms with Gasteiger partial charge in [-0.1, -0.05) is 30.3 Å². The Kier molecular flexibility index (Phi) is 4.04. The summed E-state index contributed by atoms with van der Waals surface area (Å²) in [6, 6.07) is 15.8. The molecule has 1 aliphatic rings. The third-order valence-corrected chi connectivity index (χ3v) is 4.73. The number of para-hydroxylation sites is 3. The van der Waals surface area contributed by atoms with E-state index in [0.29, 0.717) is 17.2 Å². The molecule has 1 heterocycles. The van der Waals surface area contributed by atoms with Crippen LogP contribution in [0.5, 0.6) is 11.5 Å². The predicted molar refractivity (Wildman–Crippen MR) is 83.7 cm³/mol. The average molecular weight is 335 g/mol. The third kappa shape index (κ3) is 3.34. The van der Waals surface area contributed by atoms with Crippen LogP contribution in [0.1, 0.15) is 6.42 Å². The molecule has 2 aromatic carbocycles. The van der Waals surface area contributed by atoms with E-state index in [1.54, 1.807) is 36.4 Å². The van der Waals surface area contributed by atoms with Crippen molar-refractivity contribution < 1.29 is 21.8 Å². The molecule has 7 heteroatoms. The topological polar surface area (TPSA) is 63.7 Å². The lowest BCUT2D eigenvalue weighted by Gasteiger charge is -2.19. The zero-order chi connectivity index (χ0) is 16.4. The van der Waals surface area contributed by atoms with Gasteiger partial charge in [0.05, 0.1) is 5.69 Å². The van der Waals surface area contributed by atoms with Gasteiger partial charge in [-0.3, -0.25) is 4.79 Å². The molecule has 0 radical (unpaired) electrons. The summed E-state index contributed by atoms with van der Waals surface area (Å²) in [5, 5.41) is -1.33. The van der Waals surface area contributed by atoms with Gasteiger partial charge in [0.15, 0.2) is 5.75 Å². The first-order valence-corrected chi connectivity index (χ1v) is 8.45. The highest BCUT2D eigenvalue weighted by Gasteiger charge is 2.39. The van der Waals surface area contributed by atoms with Crippen LogP contribution in [-0.4, -0.2) is 26.1 Å². The van der Waals surface area contributed by atoms with E-state index in [1.807, 2.05) is 18.2 Å². The summed E-state index contributed by atoms with van der Waals surface area (Å²) >= 11 is 0. The van der Waals surface area contributed by atoms with E-state index in [0.717, 1.165) is 0 Å². The Labute approximate surface area is 133 Å². The van der Waals surface area contributed by atoms with Crippen LogP contribution in [0.15, 0.2) is 54.6 Å². The number of anilines is 1. The van der Waals surface area contributed by atoms with Gasteiger partial charge in [0.1, 0.15) is 11.0 Å². The fourth-order valence-corrected chi connectivity index (χ4v) is 3.15. The zero-order valence-corrected chi connectivity index (χ0v) is 12.9. The number of halogens is 1. The zero-order valence-electron chi connectivity index (χ0n) is 12.1. The minimum atomic E-state index is -4.75. The second kappa shape index (κ2) is 6.00. The first kappa shape index (κ1) is 15.5. The molecule has 1 amide bonds. The van der Waals surface area contributed by atoms with Crippen LogP contribution in [-0.2, 0) is 15.0 Å². The molecule has 2 aromatic rings. The largest absolute Gasteiger partial charge is 0.455 e. The molecule has 23 heavy (non-hydrogen) atoms. The molecule has 1 unspecified atom stereocenters. The number of carbonyl (C=O) groups excluding carboxylic acids is 1. The van der Waals surface area contributed by atoms with Gasteiger partial charge >= 0.3 is 10.2 Å². The van der Waals surface area contributed by atoms with Crippen LogP contribution in [0, 0.1) is 0 Å². The SMILES string of the molecule is O=C1CC(S(=O)(=O)F)CN1c1ccccc1Oc1ccccc1. The molecule has 0 spiro atoms. The highest BCUT2D eigenvalue weighted by molar-refractivity contribution is 7.87. The minimum absolute atomic E-state index is 0.215. The van der Waals surface area contributed by atoms with Crippen molar-refractivity contribution in [3.05, 3.63) is 54.6 Å². The van der Waals surface area contributed by atoms with Crippen molar-refractivity contribution >= 4 is 21.8 Å². The maximum Gasteiger partial charge on any atom is 0.307 e. The van der Waals surface area contributed by atoms with Gasteiger partial charge in [0, 0.05) is 13.0 Å². The molecule has 0 saturated carbocycles. The minimum Gasteiger partial charge on any atom is -0.455 e. The first-order chi connectivity index (χ1) is 10.9. The fraction of sp³-hybridized carbons (Fsp3) is 0.188. The molecule has 1 saturated heterocycles. The Morgan fingerprint density at radius 3 is 2.35 bits per heavy atom. The van der Waals surface area contributed by atoms with Gasteiger partial charge in [-0.15, -0.1) is 3.89 Å². The van der Waals surface area contributed by atoms with Crippen LogP contribution < -0.4 is 9.64 Å². The van der Waals surface area contributed by atoms with Crippen molar-refractivity contribution in [1.29, 1.82) is 0 Å². The van der Waals surface area contributed by atoms with Crippen LogP contribution in [0.4, 0.5) is 9.57 Å². The summed E-state index contributed by atoms with van der Waals surface area (Å²) in [5.74, 6) is 0.547. The van der Waals surface area contributed by atoms with Crippen LogP contribution >= 0.6 is 0 Å². The third-order valence-electron chi connectivity index (χ3n) is 3.61. The molecule has 3 rings (SSSR count). The van der Waals surface area contributed by atoms with Crippen molar-refractivity contribution in [2.75, 3.05) is 11.4 Å². The van der Waals surface area contributed by atoms with E-state index in [-0.39, 0.29) is 13.0 Å². The van der Waals surface area contributed by atoms with Gasteiger partial charge in [-0.2, -0.15) is 8.42 Å². The van der Waals surface area contributed by atoms with Gasteiger partial charge in [0.2, 0.25) is 5.91 Å². The van der Waals surface area contributed by atoms with Gasteiger partial charge < -0.3 is 9.64 Å². The maximum atomic E-state index is 13.2. The smallest absolute Gasteiger partial charge is 0.307 e. The average Bonchev–Trinajstić information content (AvgIpc) is 2.91. The lowest BCUT2D eigenvalue weighted by molar-refractivity contribution is -0.117. The quantitative estimate of drug-likeness (QED) is 0.806. The Bertz CT molecular complexity index is 823. The molecule has 0 aromatic heterocycles. The van der Waals surface area contributed by atoms with E-state index in [2.05, 4.69) is 0 Å². The van der Waals surface area contributed by atoms with Gasteiger partial charge in [-0.05, 0) is 24.3 Å². The summed E-state index contributed by atoms with van der Waals surface area (Å²) in [6.07, 6.45) is -0.363. The van der Waals surface area contributed by atoms with Crippen LogP contribution in [0.3, 0.4) is 0 Å². The Hall–Kier alpha value is -2.41. The lowest BCUT2D eigenvalue weighted by Crippen LogP contribution is -2.27. The number of hydrogen-bond acceptors (Lipinski definition) is 4. The molecule has 1 fully saturated rings. The number of hydrogen-bond donors (Lipinski definition) is 0. The number of nitrogens with zero attached hydrogens (tertiary/aromatic N) is 1. The molecule has 0 aliphatic carbocycles. The van der Waals surface area contributed by atoms with E-state index in [1.165, 1.54) is 4.90 Å². The monoisotopic (exact) mass is 335 g/mol. The highest BCUT2D eigenvalue weighted by Crippen LogP contribution is 2.35.